The summed E-state index contributed by atoms with van der Waals surface area (Å²) in [7, 11) is 0. The van der Waals surface area contributed by atoms with E-state index in [4.69, 9.17) is 24.7 Å². The summed E-state index contributed by atoms with van der Waals surface area (Å²) in [5.41, 5.74) is 6.64. The zero-order chi connectivity index (χ0) is 27.4. The maximum absolute atomic E-state index is 12.6. The summed E-state index contributed by atoms with van der Waals surface area (Å²) in [4.78, 5) is 48.7. The summed E-state index contributed by atoms with van der Waals surface area (Å²) in [6, 6.07) is 3.71. The van der Waals surface area contributed by atoms with Crippen LogP contribution in [-0.4, -0.2) is 42.1 Å². The van der Waals surface area contributed by atoms with Gasteiger partial charge in [0.2, 0.25) is 0 Å². The number of hydrogen-bond donors (Lipinski definition) is 1. The molecule has 0 aromatic heterocycles. The van der Waals surface area contributed by atoms with Gasteiger partial charge < -0.3 is 24.7 Å². The van der Waals surface area contributed by atoms with Crippen LogP contribution in [0, 0.1) is 11.8 Å². The van der Waals surface area contributed by atoms with Crippen LogP contribution < -0.4 is 15.2 Å². The summed E-state index contributed by atoms with van der Waals surface area (Å²) in [6.45, 7) is 12.0. The second-order valence-electron chi connectivity index (χ2n) is 9.27. The van der Waals surface area contributed by atoms with Crippen LogP contribution in [0.4, 0.5) is 0 Å². The Labute approximate surface area is 214 Å². The van der Waals surface area contributed by atoms with Gasteiger partial charge in [0.15, 0.2) is 11.5 Å². The van der Waals surface area contributed by atoms with Gasteiger partial charge in [-0.15, -0.1) is 0 Å². The summed E-state index contributed by atoms with van der Waals surface area (Å²) in [5.74, 6) is -2.42. The van der Waals surface area contributed by atoms with E-state index < -0.39 is 42.1 Å². The van der Waals surface area contributed by atoms with E-state index in [-0.39, 0.29) is 29.8 Å². The molecule has 0 spiro atoms. The largest absolute Gasteiger partial charge is 0.459 e. The third kappa shape index (κ3) is 10.4. The number of carbonyl (C=O) groups is 4. The Morgan fingerprint density at radius 3 is 1.78 bits per heavy atom. The first kappa shape index (κ1) is 31.1. The Kier molecular flexibility index (Phi) is 13.2. The smallest absolute Gasteiger partial charge is 0.323 e. The molecule has 0 aliphatic rings. The van der Waals surface area contributed by atoms with Gasteiger partial charge in [-0.05, 0) is 50.8 Å². The van der Waals surface area contributed by atoms with Crippen molar-refractivity contribution in [1.29, 1.82) is 0 Å². The lowest BCUT2D eigenvalue weighted by atomic mass is 10.0. The van der Waals surface area contributed by atoms with E-state index in [1.807, 2.05) is 13.8 Å². The highest BCUT2D eigenvalue weighted by Gasteiger charge is 2.25. The van der Waals surface area contributed by atoms with E-state index in [1.54, 1.807) is 39.8 Å². The molecule has 0 amide bonds. The van der Waals surface area contributed by atoms with Crippen molar-refractivity contribution in [1.82, 2.24) is 0 Å². The van der Waals surface area contributed by atoms with Gasteiger partial charge in [-0.25, -0.2) is 0 Å². The molecule has 0 saturated carbocycles. The standard InChI is InChI=1S/C27H41NO8/c1-8-10-16(3)25(30)35-23-13-12-21(15-24(23)36-26(31)17(4)11-9-2)14-22(28)27(32)34-19(6)18(5)33-20(7)29/h12-13,15-19,22H,8-11,14,28H2,1-7H3/t16?,17?,18?,19-,22-/m0/s1. The molecular weight excluding hydrogens is 466 g/mol. The molecule has 0 radical (unpaired) electrons. The number of rotatable bonds is 14. The molecule has 0 bridgehead atoms. The van der Waals surface area contributed by atoms with Crippen LogP contribution >= 0.6 is 0 Å². The predicted molar refractivity (Wildman–Crippen MR) is 134 cm³/mol. The van der Waals surface area contributed by atoms with Crippen molar-refractivity contribution in [3.05, 3.63) is 23.8 Å². The second kappa shape index (κ2) is 15.2. The fourth-order valence-electron chi connectivity index (χ4n) is 3.42. The third-order valence-corrected chi connectivity index (χ3v) is 5.75. The monoisotopic (exact) mass is 507 g/mol. The van der Waals surface area contributed by atoms with E-state index in [0.717, 1.165) is 12.8 Å². The van der Waals surface area contributed by atoms with Gasteiger partial charge in [-0.3, -0.25) is 19.2 Å². The normalized spacial score (nSPS) is 15.1. The van der Waals surface area contributed by atoms with Crippen LogP contribution in [0.5, 0.6) is 11.5 Å². The summed E-state index contributed by atoms with van der Waals surface area (Å²) in [5, 5.41) is 0. The first-order valence-electron chi connectivity index (χ1n) is 12.6. The van der Waals surface area contributed by atoms with Gasteiger partial charge in [0.1, 0.15) is 18.2 Å². The summed E-state index contributed by atoms with van der Waals surface area (Å²) < 4.78 is 21.5. The van der Waals surface area contributed by atoms with E-state index in [1.165, 1.54) is 13.0 Å². The van der Waals surface area contributed by atoms with Crippen molar-refractivity contribution in [3.63, 3.8) is 0 Å². The van der Waals surface area contributed by atoms with Gasteiger partial charge in [0, 0.05) is 6.92 Å². The van der Waals surface area contributed by atoms with Gasteiger partial charge in [-0.2, -0.15) is 0 Å². The lowest BCUT2D eigenvalue weighted by Gasteiger charge is -2.22. The average molecular weight is 508 g/mol. The highest BCUT2D eigenvalue weighted by Crippen LogP contribution is 2.31. The molecule has 0 fully saturated rings. The summed E-state index contributed by atoms with van der Waals surface area (Å²) in [6.07, 6.45) is 1.75. The topological polar surface area (TPSA) is 131 Å². The highest BCUT2D eigenvalue weighted by atomic mass is 16.6. The highest BCUT2D eigenvalue weighted by molar-refractivity contribution is 5.79. The number of nitrogens with two attached hydrogens (primary N) is 1. The molecule has 0 saturated heterocycles. The van der Waals surface area contributed by atoms with Crippen LogP contribution in [0.3, 0.4) is 0 Å². The molecule has 9 heteroatoms. The van der Waals surface area contributed by atoms with Crippen LogP contribution in [0.2, 0.25) is 0 Å². The molecule has 0 aliphatic carbocycles. The Bertz CT molecular complexity index is 900. The molecule has 0 aliphatic heterocycles. The molecule has 5 atom stereocenters. The average Bonchev–Trinajstić information content (AvgIpc) is 2.80. The van der Waals surface area contributed by atoms with Crippen LogP contribution in [0.1, 0.15) is 79.7 Å². The Morgan fingerprint density at radius 2 is 1.28 bits per heavy atom. The molecule has 0 heterocycles. The fourth-order valence-corrected chi connectivity index (χ4v) is 3.42. The molecular formula is C27H41NO8. The van der Waals surface area contributed by atoms with Crippen LogP contribution in [0.25, 0.3) is 0 Å². The van der Waals surface area contributed by atoms with Crippen LogP contribution in [0.15, 0.2) is 18.2 Å². The predicted octanol–water partition coefficient (Wildman–Crippen LogP) is 4.12. The molecule has 1 aromatic carbocycles. The van der Waals surface area contributed by atoms with Gasteiger partial charge in [-0.1, -0.05) is 46.6 Å². The summed E-state index contributed by atoms with van der Waals surface area (Å²) >= 11 is 0. The first-order chi connectivity index (χ1) is 16.9. The van der Waals surface area contributed by atoms with Gasteiger partial charge in [0.05, 0.1) is 11.8 Å². The van der Waals surface area contributed by atoms with E-state index in [0.29, 0.717) is 18.4 Å². The van der Waals surface area contributed by atoms with E-state index in [2.05, 4.69) is 0 Å². The minimum Gasteiger partial charge on any atom is -0.459 e. The molecule has 2 N–H and O–H groups in total. The zero-order valence-electron chi connectivity index (χ0n) is 22.5. The number of esters is 4. The van der Waals surface area contributed by atoms with Crippen molar-refractivity contribution in [3.8, 4) is 11.5 Å². The van der Waals surface area contributed by atoms with Gasteiger partial charge in [0.25, 0.3) is 0 Å². The van der Waals surface area contributed by atoms with E-state index in [9.17, 15) is 19.2 Å². The van der Waals surface area contributed by atoms with Crippen molar-refractivity contribution in [2.75, 3.05) is 0 Å². The molecule has 202 valence electrons. The number of ether oxygens (including phenoxy) is 4. The number of carbonyl (C=O) groups excluding carboxylic acids is 4. The molecule has 1 aromatic rings. The lowest BCUT2D eigenvalue weighted by Crippen LogP contribution is -2.39. The Morgan fingerprint density at radius 1 is 0.778 bits per heavy atom. The lowest BCUT2D eigenvalue weighted by molar-refractivity contribution is -0.164. The second-order valence-corrected chi connectivity index (χ2v) is 9.27. The minimum atomic E-state index is -1.02. The third-order valence-electron chi connectivity index (χ3n) is 5.75. The SMILES string of the molecule is CCCC(C)C(=O)Oc1ccc(C[C@H](N)C(=O)O[C@@H](C)C(C)OC(C)=O)cc1OC(=O)C(C)CCC. The zero-order valence-corrected chi connectivity index (χ0v) is 22.5. The van der Waals surface area contributed by atoms with Crippen molar-refractivity contribution in [2.24, 2.45) is 17.6 Å². The number of benzene rings is 1. The quantitative estimate of drug-likeness (QED) is 0.292. The van der Waals surface area contributed by atoms with Crippen molar-refractivity contribution in [2.45, 2.75) is 98.8 Å². The Balaban J connectivity index is 3.04. The molecule has 3 unspecified atom stereocenters. The first-order valence-corrected chi connectivity index (χ1v) is 12.6. The maximum atomic E-state index is 12.6. The Hall–Kier alpha value is -2.94. The maximum Gasteiger partial charge on any atom is 0.323 e. The van der Waals surface area contributed by atoms with Crippen molar-refractivity contribution < 1.29 is 38.1 Å². The van der Waals surface area contributed by atoms with Gasteiger partial charge >= 0.3 is 23.9 Å². The molecule has 9 nitrogen and oxygen atoms in total. The van der Waals surface area contributed by atoms with E-state index >= 15 is 0 Å². The minimum absolute atomic E-state index is 0.0863. The van der Waals surface area contributed by atoms with Crippen LogP contribution in [-0.2, 0) is 35.1 Å². The molecule has 1 rings (SSSR count). The molecule has 36 heavy (non-hydrogen) atoms. The fraction of sp³-hybridized carbons (Fsp3) is 0.630. The van der Waals surface area contributed by atoms with Crippen molar-refractivity contribution >= 4 is 23.9 Å². The number of hydrogen-bond acceptors (Lipinski definition) is 9.